The topological polar surface area (TPSA) is 80.6 Å². The van der Waals surface area contributed by atoms with E-state index >= 15 is 0 Å². The van der Waals surface area contributed by atoms with Crippen molar-refractivity contribution < 1.29 is 71.3 Å². The molecule has 0 aliphatic heterocycles. The van der Waals surface area contributed by atoms with Crippen LogP contribution < -0.4 is 44.1 Å². The monoisotopic (exact) mass is 571 g/mol. The molecule has 0 saturated heterocycles. The van der Waals surface area contributed by atoms with Crippen LogP contribution in [0.25, 0.3) is 16.6 Å². The van der Waals surface area contributed by atoms with E-state index in [1.54, 1.807) is 6.92 Å². The number of benzene rings is 3. The number of rotatable bonds is 7. The van der Waals surface area contributed by atoms with Crippen molar-refractivity contribution >= 4 is 34.3 Å². The van der Waals surface area contributed by atoms with Crippen molar-refractivity contribution in [2.24, 2.45) is 0 Å². The first-order valence-electron chi connectivity index (χ1n) is 11.1. The van der Waals surface area contributed by atoms with Gasteiger partial charge in [0, 0.05) is 39.9 Å². The summed E-state index contributed by atoms with van der Waals surface area (Å²) in [4.78, 5) is 24.9. The Kier molecular flexibility index (Phi) is 8.76. The van der Waals surface area contributed by atoms with E-state index in [0.717, 1.165) is 24.3 Å². The van der Waals surface area contributed by atoms with Crippen LogP contribution in [0.3, 0.4) is 0 Å². The number of ketones is 1. The van der Waals surface area contributed by atoms with Crippen molar-refractivity contribution in [3.8, 4) is 17.2 Å². The van der Waals surface area contributed by atoms with Gasteiger partial charge in [-0.25, -0.2) is 4.39 Å². The maximum Gasteiger partial charge on any atom is 1.00 e. The first-order valence-corrected chi connectivity index (χ1v) is 11.5. The minimum absolute atomic E-state index is 0. The number of carboxylic acid groups (broad SMARTS) is 1. The predicted molar refractivity (Wildman–Crippen MR) is 129 cm³/mol. The van der Waals surface area contributed by atoms with Gasteiger partial charge in [-0.05, 0) is 63.2 Å². The van der Waals surface area contributed by atoms with Crippen LogP contribution in [0.5, 0.6) is 11.5 Å². The number of nitrogens with zero attached hydrogens (tertiary/aromatic N) is 1. The van der Waals surface area contributed by atoms with Gasteiger partial charge in [0.1, 0.15) is 22.9 Å². The third kappa shape index (κ3) is 6.58. The molecule has 6 nitrogen and oxygen atoms in total. The second kappa shape index (κ2) is 11.2. The molecule has 1 heterocycles. The molecule has 0 atom stereocenters. The molecule has 4 rings (SSSR count). The van der Waals surface area contributed by atoms with Crippen LogP contribution in [0.4, 0.5) is 17.6 Å². The van der Waals surface area contributed by atoms with Gasteiger partial charge in [0.05, 0.1) is 22.7 Å². The Balaban J connectivity index is 0.00000420. The van der Waals surface area contributed by atoms with Crippen LogP contribution in [0.15, 0.2) is 60.7 Å². The third-order valence-electron chi connectivity index (χ3n) is 5.72. The van der Waals surface area contributed by atoms with Crippen LogP contribution in [0.1, 0.15) is 35.5 Å². The summed E-state index contributed by atoms with van der Waals surface area (Å²) in [6, 6.07) is 12.8. The van der Waals surface area contributed by atoms with Gasteiger partial charge in [-0.15, -0.1) is 13.2 Å². The first-order chi connectivity index (χ1) is 17.7. The summed E-state index contributed by atoms with van der Waals surface area (Å²) in [5, 5.41) is 12.1. The zero-order chi connectivity index (χ0) is 28.0. The molecule has 0 amide bonds. The van der Waals surface area contributed by atoms with E-state index in [9.17, 15) is 32.3 Å². The number of hydrogen-bond acceptors (Lipinski definition) is 5. The predicted octanol–water partition coefficient (Wildman–Crippen LogP) is 2.77. The van der Waals surface area contributed by atoms with Crippen molar-refractivity contribution in [2.75, 3.05) is 0 Å². The third-order valence-corrected chi connectivity index (χ3v) is 5.97. The summed E-state index contributed by atoms with van der Waals surface area (Å²) >= 11 is 5.93. The number of fused-ring (bicyclic) bond motifs is 1. The average Bonchev–Trinajstić information content (AvgIpc) is 3.08. The fourth-order valence-electron chi connectivity index (χ4n) is 4.03. The molecule has 0 radical (unpaired) electrons. The summed E-state index contributed by atoms with van der Waals surface area (Å²) in [5.41, 5.74) is -0.940. The van der Waals surface area contributed by atoms with Crippen molar-refractivity contribution in [3.63, 3.8) is 0 Å². The SMILES string of the molecule is Cc1c(C(=O)c2ccc(Cl)cc2)c2ccc(OC(F)(F)F)cc2n1-c1cc(F)cc(OC(C)(C)C(=O)[O-])c1.[Na+]. The van der Waals surface area contributed by atoms with E-state index < -0.39 is 35.3 Å². The fraction of sp³-hybridized carbons (Fsp3) is 0.185. The number of carbonyl (C=O) groups excluding carboxylic acids is 2. The van der Waals surface area contributed by atoms with Crippen molar-refractivity contribution in [1.29, 1.82) is 0 Å². The smallest absolute Gasteiger partial charge is 0.546 e. The summed E-state index contributed by atoms with van der Waals surface area (Å²) in [5.74, 6) is -3.54. The molecular formula is C27H19ClF4NNaO5. The van der Waals surface area contributed by atoms with Crippen LogP contribution >= 0.6 is 11.6 Å². The second-order valence-corrected chi connectivity index (χ2v) is 9.34. The molecule has 39 heavy (non-hydrogen) atoms. The Hall–Kier alpha value is -3.05. The number of carboxylic acids is 1. The maximum atomic E-state index is 14.7. The van der Waals surface area contributed by atoms with Crippen LogP contribution in [0.2, 0.25) is 5.02 Å². The number of aromatic nitrogens is 1. The molecule has 3 aromatic carbocycles. The van der Waals surface area contributed by atoms with Gasteiger partial charge in [-0.3, -0.25) is 4.79 Å². The average molecular weight is 572 g/mol. The van der Waals surface area contributed by atoms with E-state index in [1.807, 2.05) is 0 Å². The molecule has 198 valence electrons. The number of alkyl halides is 3. The molecule has 0 fully saturated rings. The van der Waals surface area contributed by atoms with Gasteiger partial charge in [-0.2, -0.15) is 0 Å². The Morgan fingerprint density at radius 3 is 2.15 bits per heavy atom. The quantitative estimate of drug-likeness (QED) is 0.194. The molecule has 4 aromatic rings. The fourth-order valence-corrected chi connectivity index (χ4v) is 4.16. The number of aliphatic carboxylic acids is 1. The molecule has 0 unspecified atom stereocenters. The van der Waals surface area contributed by atoms with Gasteiger partial charge < -0.3 is 23.9 Å². The van der Waals surface area contributed by atoms with Crippen molar-refractivity contribution in [2.45, 2.75) is 32.7 Å². The van der Waals surface area contributed by atoms with E-state index in [0.29, 0.717) is 5.02 Å². The van der Waals surface area contributed by atoms with E-state index in [2.05, 4.69) is 4.74 Å². The van der Waals surface area contributed by atoms with E-state index in [1.165, 1.54) is 54.8 Å². The molecule has 0 spiro atoms. The van der Waals surface area contributed by atoms with E-state index in [-0.39, 0.29) is 68.7 Å². The Bertz CT molecular complexity index is 1570. The number of hydrogen-bond donors (Lipinski definition) is 0. The van der Waals surface area contributed by atoms with Gasteiger partial charge in [-0.1, -0.05) is 11.6 Å². The van der Waals surface area contributed by atoms with Crippen molar-refractivity contribution in [3.05, 3.63) is 88.3 Å². The largest absolute Gasteiger partial charge is 1.00 e. The molecule has 0 bridgehead atoms. The molecule has 0 aliphatic rings. The Morgan fingerprint density at radius 1 is 0.923 bits per heavy atom. The number of ether oxygens (including phenoxy) is 2. The Labute approximate surface area is 247 Å². The number of carbonyl (C=O) groups is 2. The first kappa shape index (κ1) is 30.5. The van der Waals surface area contributed by atoms with Gasteiger partial charge >= 0.3 is 35.9 Å². The zero-order valence-electron chi connectivity index (χ0n) is 21.2. The van der Waals surface area contributed by atoms with Crippen molar-refractivity contribution in [1.82, 2.24) is 4.57 Å². The normalized spacial score (nSPS) is 11.7. The molecular weight excluding hydrogens is 553 g/mol. The molecule has 12 heteroatoms. The molecule has 1 aromatic heterocycles. The van der Waals surface area contributed by atoms with Crippen LogP contribution in [0, 0.1) is 12.7 Å². The summed E-state index contributed by atoms with van der Waals surface area (Å²) in [6.07, 6.45) is -4.97. The molecule has 0 N–H and O–H groups in total. The summed E-state index contributed by atoms with van der Waals surface area (Å²) in [6.45, 7) is 3.98. The van der Waals surface area contributed by atoms with Crippen LogP contribution in [-0.4, -0.2) is 28.3 Å². The number of halogens is 5. The molecule has 0 saturated carbocycles. The van der Waals surface area contributed by atoms with Gasteiger partial charge in [0.15, 0.2) is 5.78 Å². The maximum absolute atomic E-state index is 14.7. The molecule has 0 aliphatic carbocycles. The summed E-state index contributed by atoms with van der Waals surface area (Å²) in [7, 11) is 0. The van der Waals surface area contributed by atoms with Gasteiger partial charge in [0.2, 0.25) is 0 Å². The minimum atomic E-state index is -4.97. The minimum Gasteiger partial charge on any atom is -0.546 e. The van der Waals surface area contributed by atoms with E-state index in [4.69, 9.17) is 16.3 Å². The second-order valence-electron chi connectivity index (χ2n) is 8.90. The summed E-state index contributed by atoms with van der Waals surface area (Å²) < 4.78 is 64.4. The van der Waals surface area contributed by atoms with Gasteiger partial charge in [0.25, 0.3) is 0 Å². The zero-order valence-corrected chi connectivity index (χ0v) is 23.9. The van der Waals surface area contributed by atoms with Crippen LogP contribution in [-0.2, 0) is 4.79 Å². The standard InChI is InChI=1S/C27H20ClF4NO5.Na/c1-14-23(24(34)15-4-6-16(28)7-5-15)21-9-8-19(38-27(30,31)32)13-22(21)33(14)18-10-17(29)11-20(12-18)37-26(2,3)25(35)36;/h4-13H,1-3H3,(H,35,36);/q;+1/p-1. The Morgan fingerprint density at radius 2 is 1.56 bits per heavy atom.